The van der Waals surface area contributed by atoms with E-state index in [1.807, 2.05) is 0 Å². The van der Waals surface area contributed by atoms with Gasteiger partial charge >= 0.3 is 0 Å². The minimum atomic E-state index is -3.58. The zero-order valence-electron chi connectivity index (χ0n) is 13.2. The molecule has 7 nitrogen and oxygen atoms in total. The van der Waals surface area contributed by atoms with E-state index >= 15 is 0 Å². The second-order valence-electron chi connectivity index (χ2n) is 4.91. The molecule has 0 aliphatic carbocycles. The number of hydrogen-bond donors (Lipinski definition) is 3. The van der Waals surface area contributed by atoms with Gasteiger partial charge in [0.2, 0.25) is 10.0 Å². The zero-order chi connectivity index (χ0) is 18.4. The molecule has 0 radical (unpaired) electrons. The predicted molar refractivity (Wildman–Crippen MR) is 96.4 cm³/mol. The van der Waals surface area contributed by atoms with Gasteiger partial charge < -0.3 is 0 Å². The minimum Gasteiger partial charge on any atom is -0.267 e. The van der Waals surface area contributed by atoms with Crippen LogP contribution in [0.2, 0.25) is 0 Å². The summed E-state index contributed by atoms with van der Waals surface area (Å²) in [7, 11) is -3.58. The maximum absolute atomic E-state index is 12.0. The number of carbonyl (C=O) groups is 2. The van der Waals surface area contributed by atoms with Crippen LogP contribution in [0, 0.1) is 0 Å². The first-order valence-electron chi connectivity index (χ1n) is 7.30. The molecule has 0 bridgehead atoms. The lowest BCUT2D eigenvalue weighted by Gasteiger charge is -2.09. The lowest BCUT2D eigenvalue weighted by Crippen LogP contribution is -2.41. The average molecular weight is 426 g/mol. The largest absolute Gasteiger partial charge is 0.270 e. The van der Waals surface area contributed by atoms with Crippen LogP contribution in [0.4, 0.5) is 0 Å². The monoisotopic (exact) mass is 425 g/mol. The van der Waals surface area contributed by atoms with Crippen molar-refractivity contribution in [2.75, 3.05) is 6.54 Å². The molecular weight excluding hydrogens is 410 g/mol. The van der Waals surface area contributed by atoms with Crippen molar-refractivity contribution in [1.82, 2.24) is 15.6 Å². The van der Waals surface area contributed by atoms with Gasteiger partial charge in [-0.2, -0.15) is 0 Å². The van der Waals surface area contributed by atoms with Crippen LogP contribution < -0.4 is 15.6 Å². The Bertz CT molecular complexity index is 883. The van der Waals surface area contributed by atoms with Crippen molar-refractivity contribution in [3.63, 3.8) is 0 Å². The van der Waals surface area contributed by atoms with E-state index in [1.165, 1.54) is 24.3 Å². The number of benzene rings is 2. The minimum absolute atomic E-state index is 0.0585. The molecule has 0 saturated heterocycles. The Hall–Kier alpha value is -2.23. The van der Waals surface area contributed by atoms with Crippen LogP contribution >= 0.6 is 15.9 Å². The first-order valence-corrected chi connectivity index (χ1v) is 9.57. The molecule has 9 heteroatoms. The molecule has 0 heterocycles. The Kier molecular flexibility index (Phi) is 6.29. The third-order valence-corrected chi connectivity index (χ3v) is 5.42. The van der Waals surface area contributed by atoms with Crippen molar-refractivity contribution in [2.24, 2.45) is 0 Å². The summed E-state index contributed by atoms with van der Waals surface area (Å²) in [6.07, 6.45) is 0. The van der Waals surface area contributed by atoms with Gasteiger partial charge in [0.25, 0.3) is 11.8 Å². The van der Waals surface area contributed by atoms with Gasteiger partial charge in [0, 0.05) is 16.6 Å². The number of halogens is 1. The maximum atomic E-state index is 12.0. The summed E-state index contributed by atoms with van der Waals surface area (Å²) in [5.41, 5.74) is 5.17. The SMILES string of the molecule is CCNS(=O)(=O)c1ccc(C(=O)NNC(=O)c2ccccc2Br)cc1. The Morgan fingerprint density at radius 3 is 2.16 bits per heavy atom. The van der Waals surface area contributed by atoms with Crippen LogP contribution in [0.25, 0.3) is 0 Å². The first kappa shape index (κ1) is 19.1. The lowest BCUT2D eigenvalue weighted by molar-refractivity contribution is 0.0846. The number of hydrogen-bond acceptors (Lipinski definition) is 4. The molecule has 0 atom stereocenters. The smallest absolute Gasteiger partial charge is 0.267 e. The van der Waals surface area contributed by atoms with Crippen LogP contribution in [-0.4, -0.2) is 26.8 Å². The van der Waals surface area contributed by atoms with Crippen LogP contribution in [0.15, 0.2) is 57.9 Å². The second kappa shape index (κ2) is 8.24. The highest BCUT2D eigenvalue weighted by Gasteiger charge is 2.14. The van der Waals surface area contributed by atoms with Crippen LogP contribution in [0.5, 0.6) is 0 Å². The van der Waals surface area contributed by atoms with Gasteiger partial charge in [0.15, 0.2) is 0 Å². The maximum Gasteiger partial charge on any atom is 0.270 e. The normalized spacial score (nSPS) is 11.0. The quantitative estimate of drug-likeness (QED) is 0.635. The Morgan fingerprint density at radius 1 is 0.960 bits per heavy atom. The van der Waals surface area contributed by atoms with Gasteiger partial charge in [0.1, 0.15) is 0 Å². The zero-order valence-corrected chi connectivity index (χ0v) is 15.6. The average Bonchev–Trinajstić information content (AvgIpc) is 2.60. The van der Waals surface area contributed by atoms with Crippen molar-refractivity contribution in [3.8, 4) is 0 Å². The summed E-state index contributed by atoms with van der Waals surface area (Å²) in [6.45, 7) is 1.94. The summed E-state index contributed by atoms with van der Waals surface area (Å²) < 4.78 is 26.6. The highest BCUT2D eigenvalue weighted by Crippen LogP contribution is 2.15. The third kappa shape index (κ3) is 4.88. The number of hydrazine groups is 1. The fraction of sp³-hybridized carbons (Fsp3) is 0.125. The Balaban J connectivity index is 2.02. The van der Waals surface area contributed by atoms with E-state index in [0.717, 1.165) is 0 Å². The van der Waals surface area contributed by atoms with Crippen molar-refractivity contribution in [3.05, 3.63) is 64.1 Å². The molecule has 0 unspecified atom stereocenters. The molecule has 0 aromatic heterocycles. The molecule has 2 rings (SSSR count). The van der Waals surface area contributed by atoms with Gasteiger partial charge in [0.05, 0.1) is 10.5 Å². The van der Waals surface area contributed by atoms with Gasteiger partial charge in [-0.25, -0.2) is 13.1 Å². The molecule has 0 spiro atoms. The molecule has 2 aromatic rings. The molecule has 0 aliphatic rings. The van der Waals surface area contributed by atoms with E-state index < -0.39 is 21.8 Å². The van der Waals surface area contributed by atoms with E-state index in [1.54, 1.807) is 31.2 Å². The Morgan fingerprint density at radius 2 is 1.56 bits per heavy atom. The third-order valence-electron chi connectivity index (χ3n) is 3.17. The highest BCUT2D eigenvalue weighted by molar-refractivity contribution is 9.10. The summed E-state index contributed by atoms with van der Waals surface area (Å²) in [5.74, 6) is -1.04. The van der Waals surface area contributed by atoms with Crippen molar-refractivity contribution < 1.29 is 18.0 Å². The van der Waals surface area contributed by atoms with E-state index in [9.17, 15) is 18.0 Å². The van der Waals surface area contributed by atoms with Crippen LogP contribution in [-0.2, 0) is 10.0 Å². The van der Waals surface area contributed by atoms with E-state index in [4.69, 9.17) is 0 Å². The second-order valence-corrected chi connectivity index (χ2v) is 7.54. The molecule has 0 aliphatic heterocycles. The first-order chi connectivity index (χ1) is 11.8. The summed E-state index contributed by atoms with van der Waals surface area (Å²) in [4.78, 5) is 24.1. The predicted octanol–water partition coefficient (Wildman–Crippen LogP) is 1.82. The summed E-state index contributed by atoms with van der Waals surface area (Å²) in [6, 6.07) is 12.2. The highest BCUT2D eigenvalue weighted by atomic mass is 79.9. The number of carbonyl (C=O) groups excluding carboxylic acids is 2. The number of rotatable bonds is 5. The lowest BCUT2D eigenvalue weighted by atomic mass is 10.2. The number of sulfonamides is 1. The van der Waals surface area contributed by atoms with Crippen LogP contribution in [0.1, 0.15) is 27.6 Å². The van der Waals surface area contributed by atoms with E-state index in [-0.39, 0.29) is 17.0 Å². The topological polar surface area (TPSA) is 104 Å². The number of nitrogens with one attached hydrogen (secondary N) is 3. The fourth-order valence-electron chi connectivity index (χ4n) is 1.96. The molecule has 25 heavy (non-hydrogen) atoms. The molecule has 0 fully saturated rings. The number of amides is 2. The van der Waals surface area contributed by atoms with Crippen molar-refractivity contribution in [1.29, 1.82) is 0 Å². The van der Waals surface area contributed by atoms with Crippen LogP contribution in [0.3, 0.4) is 0 Å². The van der Waals surface area contributed by atoms with E-state index in [2.05, 4.69) is 31.5 Å². The van der Waals surface area contributed by atoms with Gasteiger partial charge in [-0.05, 0) is 52.3 Å². The van der Waals surface area contributed by atoms with E-state index in [0.29, 0.717) is 10.0 Å². The molecular formula is C16H16BrN3O4S. The molecule has 2 aromatic carbocycles. The van der Waals surface area contributed by atoms with Gasteiger partial charge in [-0.3, -0.25) is 20.4 Å². The molecule has 2 amide bonds. The van der Waals surface area contributed by atoms with Crippen molar-refractivity contribution >= 4 is 37.8 Å². The van der Waals surface area contributed by atoms with Gasteiger partial charge in [-0.1, -0.05) is 19.1 Å². The summed E-state index contributed by atoms with van der Waals surface area (Å²) >= 11 is 3.25. The molecule has 3 N–H and O–H groups in total. The van der Waals surface area contributed by atoms with Gasteiger partial charge in [-0.15, -0.1) is 0 Å². The standard InChI is InChI=1S/C16H16BrN3O4S/c1-2-18-25(23,24)12-9-7-11(8-10-12)15(21)19-20-16(22)13-5-3-4-6-14(13)17/h3-10,18H,2H2,1H3,(H,19,21)(H,20,22). The fourth-order valence-corrected chi connectivity index (χ4v) is 3.46. The Labute approximate surface area is 154 Å². The molecule has 132 valence electrons. The summed E-state index contributed by atoms with van der Waals surface area (Å²) in [5, 5.41) is 0. The van der Waals surface area contributed by atoms with Crippen molar-refractivity contribution in [2.45, 2.75) is 11.8 Å². The molecule has 0 saturated carbocycles.